The van der Waals surface area contributed by atoms with E-state index in [0.29, 0.717) is 42.7 Å². The number of alkyl halides is 6. The molecular formula is C28H27ClF7N7O3. The van der Waals surface area contributed by atoms with Crippen LogP contribution in [0, 0.1) is 5.82 Å². The van der Waals surface area contributed by atoms with Crippen molar-refractivity contribution in [2.75, 3.05) is 30.8 Å². The minimum absolute atomic E-state index is 0.0277. The topological polar surface area (TPSA) is 112 Å². The summed E-state index contributed by atoms with van der Waals surface area (Å²) in [6.07, 6.45) is -10.7. The molecule has 2 unspecified atom stereocenters. The van der Waals surface area contributed by atoms with Crippen LogP contribution in [-0.2, 0) is 37.0 Å². The molecule has 0 radical (unpaired) electrons. The zero-order valence-electron chi connectivity index (χ0n) is 24.2. The van der Waals surface area contributed by atoms with Crippen LogP contribution in [0.5, 0.6) is 6.01 Å². The fraction of sp³-hybridized carbons (Fsp3) is 0.500. The van der Waals surface area contributed by atoms with Gasteiger partial charge in [0.15, 0.2) is 11.5 Å². The third-order valence-electron chi connectivity index (χ3n) is 8.40. The van der Waals surface area contributed by atoms with Crippen molar-refractivity contribution in [2.45, 2.75) is 69.9 Å². The Morgan fingerprint density at radius 2 is 1.87 bits per heavy atom. The van der Waals surface area contributed by atoms with Crippen molar-refractivity contribution in [3.8, 4) is 6.01 Å². The van der Waals surface area contributed by atoms with Gasteiger partial charge in [0.05, 0.1) is 54.0 Å². The van der Waals surface area contributed by atoms with E-state index in [1.165, 1.54) is 11.8 Å². The third kappa shape index (κ3) is 5.67. The van der Waals surface area contributed by atoms with Crippen molar-refractivity contribution in [3.05, 3.63) is 56.7 Å². The maximum absolute atomic E-state index is 15.1. The molecule has 0 saturated carbocycles. The number of nitrogens with two attached hydrogens (primary N) is 1. The van der Waals surface area contributed by atoms with Gasteiger partial charge in [-0.3, -0.25) is 9.48 Å². The average Bonchev–Trinajstić information content (AvgIpc) is 3.55. The standard InChI is InChI=1S/C28H27ClF7N7O3/c1-45-26-38-16-10-18(20-14(27(31,32)33)5-6-15(37)22(20)30)46-12-13(16)24(39-26)41-7-3-9-43-17(11-41)21(29)23(40-43)25(44)42-8-2-4-19(42)28(34,35)36/h5-6,18-19H,2-4,7-12,37H2,1H3. The maximum atomic E-state index is 15.1. The van der Waals surface area contributed by atoms with E-state index in [4.69, 9.17) is 26.8 Å². The first-order valence-electron chi connectivity index (χ1n) is 14.3. The lowest BCUT2D eigenvalue weighted by molar-refractivity contribution is -0.169. The van der Waals surface area contributed by atoms with Crippen molar-refractivity contribution >= 4 is 29.0 Å². The molecule has 18 heteroatoms. The fourth-order valence-electron chi connectivity index (χ4n) is 6.23. The smallest absolute Gasteiger partial charge is 0.416 e. The molecule has 0 aliphatic carbocycles. The molecule has 1 aromatic carbocycles. The van der Waals surface area contributed by atoms with Gasteiger partial charge in [0.1, 0.15) is 11.9 Å². The van der Waals surface area contributed by atoms with Crippen molar-refractivity contribution < 1.29 is 45.0 Å². The van der Waals surface area contributed by atoms with Gasteiger partial charge in [-0.05, 0) is 31.4 Å². The summed E-state index contributed by atoms with van der Waals surface area (Å²) in [5.41, 5.74) is 3.95. The van der Waals surface area contributed by atoms with E-state index in [-0.39, 0.29) is 61.4 Å². The monoisotopic (exact) mass is 677 g/mol. The number of rotatable bonds is 4. The number of fused-ring (bicyclic) bond motifs is 2. The zero-order valence-corrected chi connectivity index (χ0v) is 24.9. The minimum atomic E-state index is -4.88. The van der Waals surface area contributed by atoms with E-state index in [0.717, 1.165) is 11.0 Å². The Hall–Kier alpha value is -3.86. The molecule has 10 nitrogen and oxygen atoms in total. The van der Waals surface area contributed by atoms with Crippen molar-refractivity contribution in [3.63, 3.8) is 0 Å². The van der Waals surface area contributed by atoms with E-state index >= 15 is 4.39 Å². The first-order chi connectivity index (χ1) is 21.7. The Kier molecular flexibility index (Phi) is 8.19. The number of nitrogen functional groups attached to an aromatic ring is 1. The summed E-state index contributed by atoms with van der Waals surface area (Å²) in [5.74, 6) is -1.84. The van der Waals surface area contributed by atoms with E-state index in [9.17, 15) is 31.1 Å². The Balaban J connectivity index is 1.33. The number of benzene rings is 1. The van der Waals surface area contributed by atoms with E-state index < -0.39 is 53.0 Å². The summed E-state index contributed by atoms with van der Waals surface area (Å²) >= 11 is 6.61. The van der Waals surface area contributed by atoms with Gasteiger partial charge in [-0.15, -0.1) is 0 Å². The fourth-order valence-corrected chi connectivity index (χ4v) is 6.50. The number of aromatic nitrogens is 4. The highest BCUT2D eigenvalue weighted by Gasteiger charge is 2.49. The summed E-state index contributed by atoms with van der Waals surface area (Å²) < 4.78 is 110. The highest BCUT2D eigenvalue weighted by Crippen LogP contribution is 2.43. The van der Waals surface area contributed by atoms with Gasteiger partial charge >= 0.3 is 18.4 Å². The predicted octanol–water partition coefficient (Wildman–Crippen LogP) is 5.47. The first-order valence-corrected chi connectivity index (χ1v) is 14.6. The minimum Gasteiger partial charge on any atom is -0.467 e. The molecule has 0 spiro atoms. The lowest BCUT2D eigenvalue weighted by Gasteiger charge is -2.31. The van der Waals surface area contributed by atoms with Gasteiger partial charge < -0.3 is 25.0 Å². The third-order valence-corrected chi connectivity index (χ3v) is 8.80. The van der Waals surface area contributed by atoms with Crippen molar-refractivity contribution in [1.82, 2.24) is 24.6 Å². The number of carbonyl (C=O) groups is 1. The molecule has 2 atom stereocenters. The predicted molar refractivity (Wildman–Crippen MR) is 149 cm³/mol. The number of halogens is 8. The molecule has 5 heterocycles. The van der Waals surface area contributed by atoms with Crippen LogP contribution in [0.25, 0.3) is 0 Å². The van der Waals surface area contributed by atoms with Gasteiger partial charge in [-0.1, -0.05) is 11.6 Å². The van der Waals surface area contributed by atoms with Gasteiger partial charge in [0, 0.05) is 37.2 Å². The average molecular weight is 678 g/mol. The van der Waals surface area contributed by atoms with Crippen LogP contribution in [-0.4, -0.2) is 63.0 Å². The maximum Gasteiger partial charge on any atom is 0.416 e. The molecule has 6 rings (SSSR count). The summed E-state index contributed by atoms with van der Waals surface area (Å²) in [4.78, 5) is 24.5. The molecular weight excluding hydrogens is 651 g/mol. The lowest BCUT2D eigenvalue weighted by atomic mass is 9.94. The van der Waals surface area contributed by atoms with Crippen LogP contribution < -0.4 is 15.4 Å². The van der Waals surface area contributed by atoms with Crippen LogP contribution in [0.1, 0.15) is 63.9 Å². The van der Waals surface area contributed by atoms with Crippen molar-refractivity contribution in [2.24, 2.45) is 0 Å². The van der Waals surface area contributed by atoms with E-state index in [2.05, 4.69) is 15.1 Å². The van der Waals surface area contributed by atoms with Crippen LogP contribution in [0.2, 0.25) is 5.02 Å². The summed E-state index contributed by atoms with van der Waals surface area (Å²) in [7, 11) is 1.31. The van der Waals surface area contributed by atoms with E-state index in [1.54, 1.807) is 4.90 Å². The van der Waals surface area contributed by atoms with Crippen LogP contribution in [0.3, 0.4) is 0 Å². The second-order valence-electron chi connectivity index (χ2n) is 11.2. The quantitative estimate of drug-likeness (QED) is 0.286. The van der Waals surface area contributed by atoms with Gasteiger partial charge in [-0.25, -0.2) is 4.39 Å². The second-order valence-corrected chi connectivity index (χ2v) is 11.6. The molecule has 1 saturated heterocycles. The molecule has 248 valence electrons. The summed E-state index contributed by atoms with van der Waals surface area (Å²) in [6.45, 7) is 0.333. The number of amides is 1. The van der Waals surface area contributed by atoms with E-state index in [1.807, 2.05) is 0 Å². The molecule has 1 fully saturated rings. The molecule has 46 heavy (non-hydrogen) atoms. The first kappa shape index (κ1) is 32.1. The Bertz CT molecular complexity index is 1680. The number of ether oxygens (including phenoxy) is 2. The number of nitrogens with zero attached hydrogens (tertiary/aromatic N) is 6. The molecule has 3 aliphatic heterocycles. The molecule has 2 N–H and O–H groups in total. The summed E-state index contributed by atoms with van der Waals surface area (Å²) in [5, 5.41) is 4.20. The molecule has 1 amide bonds. The number of aryl methyl sites for hydroxylation is 1. The highest BCUT2D eigenvalue weighted by molar-refractivity contribution is 6.34. The second kappa shape index (κ2) is 11.7. The van der Waals surface area contributed by atoms with Crippen molar-refractivity contribution in [1.29, 1.82) is 0 Å². The highest BCUT2D eigenvalue weighted by atomic mass is 35.5. The molecule has 3 aliphatic rings. The number of hydrogen-bond acceptors (Lipinski definition) is 8. The van der Waals surface area contributed by atoms with Gasteiger partial charge in [-0.2, -0.15) is 41.4 Å². The molecule has 2 aromatic heterocycles. The number of likely N-dealkylation sites (tertiary alicyclic amines) is 1. The normalized spacial score (nSPS) is 20.4. The number of carbonyl (C=O) groups excluding carboxylic acids is 1. The SMILES string of the molecule is COc1nc2c(c(N3CCCn4nc(C(=O)N5CCCC5C(F)(F)F)c(Cl)c4C3)n1)COC(c1c(C(F)(F)F)ccc(N)c1F)C2. The lowest BCUT2D eigenvalue weighted by Crippen LogP contribution is -2.44. The van der Waals surface area contributed by atoms with Crippen LogP contribution >= 0.6 is 11.6 Å². The zero-order chi connectivity index (χ0) is 33.1. The Morgan fingerprint density at radius 1 is 1.11 bits per heavy atom. The van der Waals surface area contributed by atoms with Gasteiger partial charge in [0.2, 0.25) is 0 Å². The number of anilines is 2. The van der Waals surface area contributed by atoms with Gasteiger partial charge in [0.25, 0.3) is 5.91 Å². The Labute approximate surface area is 262 Å². The van der Waals surface area contributed by atoms with Crippen LogP contribution in [0.4, 0.5) is 42.2 Å². The molecule has 3 aromatic rings. The molecule has 0 bridgehead atoms. The largest absolute Gasteiger partial charge is 0.467 e. The number of hydrogen-bond donors (Lipinski definition) is 1. The Morgan fingerprint density at radius 3 is 2.57 bits per heavy atom. The summed E-state index contributed by atoms with van der Waals surface area (Å²) in [6, 6.07) is -0.485. The van der Waals surface area contributed by atoms with Crippen LogP contribution in [0.15, 0.2) is 12.1 Å². The number of methoxy groups -OCH3 is 1.